The number of esters is 2. The van der Waals surface area contributed by atoms with Crippen molar-refractivity contribution in [2.75, 3.05) is 46.8 Å². The minimum absolute atomic E-state index is 0.00946. The van der Waals surface area contributed by atoms with Crippen molar-refractivity contribution in [1.82, 2.24) is 0 Å². The van der Waals surface area contributed by atoms with Gasteiger partial charge in [0.05, 0.1) is 46.8 Å². The number of ketones is 8. The molecule has 34 nitrogen and oxygen atoms in total. The van der Waals surface area contributed by atoms with Crippen LogP contribution in [0.2, 0.25) is 0 Å². The van der Waals surface area contributed by atoms with Crippen molar-refractivity contribution < 1.29 is 136 Å². The molecule has 0 saturated heterocycles. The van der Waals surface area contributed by atoms with Gasteiger partial charge in [-0.05, 0) is 155 Å². The van der Waals surface area contributed by atoms with Gasteiger partial charge in [-0.15, -0.1) is 0 Å². The number of carbonyl (C=O) groups is 13. The molecule has 0 fully saturated rings. The van der Waals surface area contributed by atoms with E-state index in [2.05, 4.69) is 49.2 Å². The molecule has 0 heterocycles. The summed E-state index contributed by atoms with van der Waals surface area (Å²) in [5, 5.41) is 17.4. The molecule has 36 heteroatoms. The molecule has 0 radical (unpaired) electrons. The van der Waals surface area contributed by atoms with Crippen molar-refractivity contribution in [3.8, 4) is 22.6 Å². The second kappa shape index (κ2) is 58.6. The molecule has 0 saturated carbocycles. The summed E-state index contributed by atoms with van der Waals surface area (Å²) in [6.07, 6.45) is -0.00431. The molecular weight excluding hydrogens is 1770 g/mol. The summed E-state index contributed by atoms with van der Waals surface area (Å²) < 4.78 is 85.0. The highest BCUT2D eigenvalue weighted by atomic mass is 32.2. The number of Topliss-reactive ketones (excluding diaryl/α,β-unsaturated/α-hetero) is 8. The molecule has 9 aromatic carbocycles. The average molecular weight is 1880 g/mol. The second-order valence-corrected chi connectivity index (χ2v) is 30.7. The quantitative estimate of drug-likeness (QED) is 0.00327. The molecule has 706 valence electrons. The van der Waals surface area contributed by atoms with Crippen LogP contribution in [0.5, 0.6) is 11.5 Å². The molecule has 134 heavy (non-hydrogen) atoms. The molecule has 0 spiro atoms. The Labute approximate surface area is 775 Å². The highest BCUT2D eigenvalue weighted by molar-refractivity contribution is 7.86. The van der Waals surface area contributed by atoms with Crippen molar-refractivity contribution in [2.45, 2.75) is 133 Å². The molecule has 9 aromatic rings. The van der Waals surface area contributed by atoms with E-state index in [0.717, 1.165) is 33.4 Å². The number of hydrogen-bond donors (Lipinski definition) is 0. The highest BCUT2D eigenvalue weighted by Crippen LogP contribution is 2.49. The van der Waals surface area contributed by atoms with Crippen LogP contribution in [0.1, 0.15) is 185 Å². The molecule has 0 N–H and O–H groups in total. The highest BCUT2D eigenvalue weighted by Gasteiger charge is 2.33. The van der Waals surface area contributed by atoms with Gasteiger partial charge in [-0.25, -0.2) is 28.5 Å². The maximum absolute atomic E-state index is 13.0. The Morgan fingerprint density at radius 1 is 0.336 bits per heavy atom. The Kier molecular flexibility index (Phi) is 47.8. The summed E-state index contributed by atoms with van der Waals surface area (Å²) >= 11 is 0. The van der Waals surface area contributed by atoms with E-state index in [0.29, 0.717) is 49.8 Å². The number of oxime groups is 5. The fourth-order valence-corrected chi connectivity index (χ4v) is 12.4. The average Bonchev–Trinajstić information content (AvgIpc) is 0.827. The van der Waals surface area contributed by atoms with Gasteiger partial charge in [0.1, 0.15) is 27.9 Å². The number of rotatable bonds is 42. The van der Waals surface area contributed by atoms with Crippen LogP contribution in [0, 0.1) is 27.7 Å². The first-order valence-electron chi connectivity index (χ1n) is 42.0. The third-order valence-corrected chi connectivity index (χ3v) is 20.1. The van der Waals surface area contributed by atoms with Gasteiger partial charge in [0.15, 0.2) is 17.2 Å². The van der Waals surface area contributed by atoms with Gasteiger partial charge < -0.3 is 28.4 Å². The Morgan fingerprint density at radius 3 is 1.11 bits per heavy atom. The fourth-order valence-electron chi connectivity index (χ4n) is 10.7. The number of aryl methyl sites for hydroxylation is 4. The Hall–Kier alpha value is -15.1. The third kappa shape index (κ3) is 37.8. The molecule has 0 aliphatic rings. The number of phosphoric ester groups is 1. The van der Waals surface area contributed by atoms with Crippen LogP contribution in [-0.4, -0.2) is 160 Å². The largest absolute Gasteiger partial charge is 0.550 e. The zero-order chi connectivity index (χ0) is 98.6. The number of methoxy groups -OCH3 is 1. The smallest absolute Gasteiger partial charge is 0.497 e. The van der Waals surface area contributed by atoms with Gasteiger partial charge in [0.2, 0.25) is 46.1 Å². The maximum atomic E-state index is 13.0. The van der Waals surface area contributed by atoms with Gasteiger partial charge in [-0.3, -0.25) is 70.8 Å². The van der Waals surface area contributed by atoms with E-state index in [-0.39, 0.29) is 102 Å². The predicted molar refractivity (Wildman–Crippen MR) is 496 cm³/mol. The standard InChI is InChI=1S/C25H21NO5.C21H24NO7P.C19H25NO5.C18H17NO6S.C15H17NO6/c1-2-9-22(27)23(26-31-25(29)30-21-12-7-4-8-13-21)24(28)20-16-14-19(15-17-20)18-10-5-3-6-11-18;1-5-27-30(25,28-6-2)29-22-19(20(23)16-9-7-15(3)8-10-16)21(24)17-11-13-18(26-4)14-12-17;1-4-16(21)8-6-7-9-17(20-25-19(23)24-5-2)18(22)15-12-10-14(3)11-13-15;1-3-24-18(21)16(17(20)14-11-9-13(2)10-12-14)19-25-26(22,23)15-7-5-4-6-8-15;1-4-20-14(18)12(16-22-15(19)21-5-2)13(17)11-8-6-10(3)7-9-11/h3-8,10-17H,2,9H2,1H3;7-14H,5-6H2,1-4H3;10-13H,4-9H2,1-3H3;4-12H,3H2,1-2H3;6-9H,4-5H2,1-3H3/b26-23+;22-19-;20-17+;19-16-;16-12-. The van der Waals surface area contributed by atoms with Crippen molar-refractivity contribution in [2.24, 2.45) is 25.8 Å². The number of ether oxygens (including phenoxy) is 6. The summed E-state index contributed by atoms with van der Waals surface area (Å²) in [4.78, 5) is 172. The first kappa shape index (κ1) is 109. The Bertz CT molecular complexity index is 5770. The van der Waals surface area contributed by atoms with Gasteiger partial charge >= 0.3 is 48.3 Å². The number of benzene rings is 9. The molecule has 0 aromatic heterocycles. The zero-order valence-corrected chi connectivity index (χ0v) is 77.9. The lowest BCUT2D eigenvalue weighted by atomic mass is 9.98. The van der Waals surface area contributed by atoms with Crippen molar-refractivity contribution in [1.29, 1.82) is 0 Å². The lowest BCUT2D eigenvalue weighted by Crippen LogP contribution is -2.27. The Balaban J connectivity index is 0.000000298. The zero-order valence-electron chi connectivity index (χ0n) is 76.1. The van der Waals surface area contributed by atoms with Crippen LogP contribution in [0.25, 0.3) is 11.1 Å². The van der Waals surface area contributed by atoms with E-state index in [1.165, 1.54) is 67.8 Å². The number of unbranched alkanes of at least 4 members (excludes halogenated alkanes) is 1. The summed E-state index contributed by atoms with van der Waals surface area (Å²) in [7, 11) is -6.84. The summed E-state index contributed by atoms with van der Waals surface area (Å²) in [5.41, 5.74) is 5.08. The second-order valence-electron chi connectivity index (χ2n) is 27.6. The van der Waals surface area contributed by atoms with Crippen molar-refractivity contribution >= 4 is 123 Å². The number of nitrogens with zero attached hydrogens (tertiary/aromatic N) is 5. The van der Waals surface area contributed by atoms with Gasteiger partial charge in [-0.1, -0.05) is 250 Å². The van der Waals surface area contributed by atoms with E-state index < -0.39 is 106 Å². The van der Waals surface area contributed by atoms with E-state index in [1.54, 1.807) is 182 Å². The molecule has 0 aliphatic heterocycles. The summed E-state index contributed by atoms with van der Waals surface area (Å²) in [5.74, 6) is -5.38. The maximum Gasteiger partial charge on any atom is 0.550 e. The van der Waals surface area contributed by atoms with Crippen molar-refractivity contribution in [3.63, 3.8) is 0 Å². The molecule has 0 aliphatic carbocycles. The summed E-state index contributed by atoms with van der Waals surface area (Å²) in [6, 6.07) is 64.7. The lowest BCUT2D eigenvalue weighted by molar-refractivity contribution is -0.136. The minimum atomic E-state index is -4.27. The summed E-state index contributed by atoms with van der Waals surface area (Å²) in [6.45, 7) is 21.0. The molecule has 9 rings (SSSR count). The minimum Gasteiger partial charge on any atom is -0.497 e. The first-order chi connectivity index (χ1) is 64.2. The van der Waals surface area contributed by atoms with Crippen LogP contribution in [0.3, 0.4) is 0 Å². The predicted octanol–water partition coefficient (Wildman–Crippen LogP) is 19.1. The molecular formula is C98H104N5O29PS. The van der Waals surface area contributed by atoms with Crippen LogP contribution < -0.4 is 9.47 Å². The molecule has 0 unspecified atom stereocenters. The van der Waals surface area contributed by atoms with Crippen LogP contribution in [-0.2, 0) is 85.3 Å². The van der Waals surface area contributed by atoms with E-state index >= 15 is 0 Å². The van der Waals surface area contributed by atoms with Gasteiger partial charge in [-0.2, -0.15) is 8.42 Å². The van der Waals surface area contributed by atoms with E-state index in [4.69, 9.17) is 37.5 Å². The number of phosphoric acid groups is 1. The molecule has 0 atom stereocenters. The number of hydrogen-bond acceptors (Lipinski definition) is 34. The van der Waals surface area contributed by atoms with Gasteiger partial charge in [0, 0.05) is 52.6 Å². The number of para-hydroxylation sites is 1. The van der Waals surface area contributed by atoms with E-state index in [1.807, 2.05) is 77.1 Å². The topological polar surface area (TPSA) is 455 Å². The monoisotopic (exact) mass is 1880 g/mol. The van der Waals surface area contributed by atoms with E-state index in [9.17, 15) is 75.3 Å². The molecule has 0 amide bonds. The van der Waals surface area contributed by atoms with Crippen molar-refractivity contribution in [3.05, 3.63) is 292 Å². The van der Waals surface area contributed by atoms with Crippen LogP contribution in [0.4, 0.5) is 14.4 Å². The van der Waals surface area contributed by atoms with Crippen LogP contribution in [0.15, 0.2) is 267 Å². The number of carbonyl (C=O) groups excluding carboxylic acids is 13. The fraction of sp³-hybridized carbons (Fsp3) is 0.265. The Morgan fingerprint density at radius 2 is 0.694 bits per heavy atom. The third-order valence-electron chi connectivity index (χ3n) is 17.6. The molecule has 0 bridgehead atoms. The lowest BCUT2D eigenvalue weighted by Gasteiger charge is -2.14. The van der Waals surface area contributed by atoms with Gasteiger partial charge in [0.25, 0.3) is 0 Å². The SMILES string of the molecule is CCCC(=O)/C(=N\OC(=O)Oc1ccccc1)C(=O)c1ccc(-c2ccccc2)cc1.CCOC(=O)/C(=N\OS(=O)(=O)c1ccccc1)C(=O)c1ccc(C)cc1.CCOC(=O)O/N=C(\C(=O)OCC)C(=O)c1ccc(C)cc1.CCOC(=O)O/N=C(\CCCCC(=O)CC)C(=O)c1ccc(C)cc1.CCOP(=O)(OCC)O/N=C(/C(=O)c1ccc(C)cc1)C(=O)c1ccc(OC)cc1. The first-order valence-corrected chi connectivity index (χ1v) is 44.9. The normalized spacial score (nSPS) is 11.3. The van der Waals surface area contributed by atoms with Crippen LogP contribution >= 0.6 is 7.82 Å².